The van der Waals surface area contributed by atoms with Crippen molar-refractivity contribution in [3.05, 3.63) is 59.5 Å². The minimum Gasteiger partial charge on any atom is -0.352 e. The molecule has 1 aromatic carbocycles. The Hall–Kier alpha value is -2.09. The molecule has 1 N–H and O–H groups in total. The monoisotopic (exact) mass is 479 g/mol. The van der Waals surface area contributed by atoms with Gasteiger partial charge < -0.3 is 5.32 Å². The zero-order valence-corrected chi connectivity index (χ0v) is 19.7. The quantitative estimate of drug-likeness (QED) is 0.592. The smallest absolute Gasteiger partial charge is 0.337 e. The van der Waals surface area contributed by atoms with Crippen LogP contribution >= 0.6 is 34.5 Å². The first kappa shape index (κ1) is 22.1. The molecule has 0 saturated carbocycles. The van der Waals surface area contributed by atoms with Crippen LogP contribution in [0, 0.1) is 0 Å². The van der Waals surface area contributed by atoms with Crippen LogP contribution < -0.4 is 16.6 Å². The first-order chi connectivity index (χ1) is 14.8. The fraction of sp³-hybridized carbons (Fsp3) is 0.409. The van der Waals surface area contributed by atoms with Crippen molar-refractivity contribution in [1.82, 2.24) is 14.5 Å². The summed E-state index contributed by atoms with van der Waals surface area (Å²) in [4.78, 5) is 41.4. The molecule has 0 spiro atoms. The number of halogens is 2. The van der Waals surface area contributed by atoms with E-state index in [1.807, 2.05) is 13.8 Å². The summed E-state index contributed by atoms with van der Waals surface area (Å²) in [5, 5.41) is 4.01. The second kappa shape index (κ2) is 8.81. The first-order valence-electron chi connectivity index (χ1n) is 10.4. The molecule has 164 valence electrons. The summed E-state index contributed by atoms with van der Waals surface area (Å²) in [5.74, 6) is -0.261. The second-order valence-electron chi connectivity index (χ2n) is 7.88. The summed E-state index contributed by atoms with van der Waals surface area (Å²) in [6, 6.07) is 4.64. The van der Waals surface area contributed by atoms with Gasteiger partial charge in [-0.1, -0.05) is 30.1 Å². The molecule has 1 amide bonds. The highest BCUT2D eigenvalue weighted by molar-refractivity contribution is 7.18. The van der Waals surface area contributed by atoms with E-state index in [2.05, 4.69) is 5.32 Å². The lowest BCUT2D eigenvalue weighted by molar-refractivity contribution is -0.122. The van der Waals surface area contributed by atoms with Gasteiger partial charge in [-0.05, 0) is 62.8 Å². The van der Waals surface area contributed by atoms with Crippen LogP contribution in [-0.4, -0.2) is 21.1 Å². The number of benzene rings is 1. The van der Waals surface area contributed by atoms with Gasteiger partial charge in [-0.3, -0.25) is 14.2 Å². The van der Waals surface area contributed by atoms with Crippen molar-refractivity contribution in [2.75, 3.05) is 0 Å². The lowest BCUT2D eigenvalue weighted by Crippen LogP contribution is -2.43. The highest BCUT2D eigenvalue weighted by atomic mass is 35.5. The van der Waals surface area contributed by atoms with Crippen molar-refractivity contribution < 1.29 is 4.79 Å². The summed E-state index contributed by atoms with van der Waals surface area (Å²) in [6.07, 6.45) is 4.52. The predicted octanol–water partition coefficient (Wildman–Crippen LogP) is 4.31. The van der Waals surface area contributed by atoms with E-state index in [1.54, 1.807) is 12.1 Å². The predicted molar refractivity (Wildman–Crippen MR) is 126 cm³/mol. The van der Waals surface area contributed by atoms with Crippen LogP contribution in [0.25, 0.3) is 15.9 Å². The Bertz CT molecular complexity index is 1290. The lowest BCUT2D eigenvalue weighted by atomic mass is 9.97. The number of nitrogens with zero attached hydrogens (tertiary/aromatic N) is 2. The number of hydrogen-bond donors (Lipinski definition) is 1. The third-order valence-electron chi connectivity index (χ3n) is 5.72. The molecule has 0 radical (unpaired) electrons. The van der Waals surface area contributed by atoms with Crippen LogP contribution in [0.5, 0.6) is 0 Å². The molecular weight excluding hydrogens is 457 g/mol. The maximum absolute atomic E-state index is 13.5. The molecule has 0 aliphatic heterocycles. The maximum Gasteiger partial charge on any atom is 0.337 e. The van der Waals surface area contributed by atoms with E-state index < -0.39 is 5.69 Å². The summed E-state index contributed by atoms with van der Waals surface area (Å²) >= 11 is 13.6. The van der Waals surface area contributed by atoms with E-state index in [0.29, 0.717) is 20.9 Å². The van der Waals surface area contributed by atoms with E-state index in [9.17, 15) is 14.4 Å². The fourth-order valence-electron chi connectivity index (χ4n) is 3.93. The summed E-state index contributed by atoms with van der Waals surface area (Å²) in [7, 11) is 0. The van der Waals surface area contributed by atoms with Crippen LogP contribution in [-0.2, 0) is 24.2 Å². The number of nitrogens with one attached hydrogen (secondary N) is 1. The normalized spacial score (nSPS) is 14.5. The number of carbonyl (C=O) groups is 1. The molecule has 0 unspecified atom stereocenters. The van der Waals surface area contributed by atoms with Crippen molar-refractivity contribution in [1.29, 1.82) is 0 Å². The molecule has 1 atom stereocenters. The molecule has 0 fully saturated rings. The van der Waals surface area contributed by atoms with Crippen LogP contribution in [0.15, 0.2) is 27.8 Å². The van der Waals surface area contributed by atoms with Crippen molar-refractivity contribution in [3.8, 4) is 5.69 Å². The molecule has 4 rings (SSSR count). The zero-order valence-electron chi connectivity index (χ0n) is 17.3. The molecule has 1 aliphatic carbocycles. The Labute approximate surface area is 193 Å². The Kier molecular flexibility index (Phi) is 6.28. The van der Waals surface area contributed by atoms with Crippen molar-refractivity contribution in [2.45, 2.75) is 58.5 Å². The topological polar surface area (TPSA) is 73.1 Å². The lowest BCUT2D eigenvalue weighted by Gasteiger charge is -2.15. The zero-order chi connectivity index (χ0) is 22.3. The highest BCUT2D eigenvalue weighted by Gasteiger charge is 2.25. The van der Waals surface area contributed by atoms with Gasteiger partial charge in [-0.15, -0.1) is 11.3 Å². The number of fused-ring (bicyclic) bond motifs is 3. The molecule has 2 heterocycles. The number of aromatic nitrogens is 2. The van der Waals surface area contributed by atoms with Crippen LogP contribution in [0.2, 0.25) is 10.0 Å². The van der Waals surface area contributed by atoms with Gasteiger partial charge in [-0.2, -0.15) is 0 Å². The number of rotatable bonds is 5. The number of carbonyl (C=O) groups excluding carboxylic acids is 1. The molecule has 2 aromatic heterocycles. The van der Waals surface area contributed by atoms with Crippen LogP contribution in [0.3, 0.4) is 0 Å². The maximum atomic E-state index is 13.5. The molecule has 31 heavy (non-hydrogen) atoms. The minimum atomic E-state index is -0.561. The number of hydrogen-bond acceptors (Lipinski definition) is 4. The average molecular weight is 480 g/mol. The van der Waals surface area contributed by atoms with Gasteiger partial charge in [0.1, 0.15) is 11.4 Å². The summed E-state index contributed by atoms with van der Waals surface area (Å²) in [6.45, 7) is 3.74. The van der Waals surface area contributed by atoms with E-state index in [0.717, 1.165) is 47.1 Å². The average Bonchev–Trinajstić information content (AvgIpc) is 3.13. The third kappa shape index (κ3) is 4.06. The summed E-state index contributed by atoms with van der Waals surface area (Å²) in [5.41, 5.74) is 0.393. The number of thiophene rings is 1. The molecule has 0 bridgehead atoms. The Morgan fingerprint density at radius 2 is 1.94 bits per heavy atom. The van der Waals surface area contributed by atoms with Crippen molar-refractivity contribution in [3.63, 3.8) is 0 Å². The molecule has 1 aliphatic rings. The van der Waals surface area contributed by atoms with Gasteiger partial charge in [0.2, 0.25) is 5.91 Å². The van der Waals surface area contributed by atoms with Gasteiger partial charge in [0, 0.05) is 10.9 Å². The van der Waals surface area contributed by atoms with Gasteiger partial charge >= 0.3 is 5.69 Å². The van der Waals surface area contributed by atoms with Gasteiger partial charge in [0.15, 0.2) is 0 Å². The molecular formula is C22H23Cl2N3O3S. The van der Waals surface area contributed by atoms with Crippen molar-refractivity contribution >= 4 is 50.7 Å². The first-order valence-corrected chi connectivity index (χ1v) is 11.9. The van der Waals surface area contributed by atoms with E-state index in [-0.39, 0.29) is 29.1 Å². The largest absolute Gasteiger partial charge is 0.352 e. The van der Waals surface area contributed by atoms with Crippen molar-refractivity contribution in [2.24, 2.45) is 0 Å². The Balaban J connectivity index is 1.98. The van der Waals surface area contributed by atoms with E-state index in [1.165, 1.54) is 22.0 Å². The summed E-state index contributed by atoms with van der Waals surface area (Å²) < 4.78 is 2.52. The van der Waals surface area contributed by atoms with Gasteiger partial charge in [-0.25, -0.2) is 9.36 Å². The molecule has 3 aromatic rings. The van der Waals surface area contributed by atoms with Crippen LogP contribution in [0.4, 0.5) is 0 Å². The number of amides is 1. The molecule has 9 heteroatoms. The van der Waals surface area contributed by atoms with Crippen LogP contribution in [0.1, 0.15) is 43.6 Å². The number of aryl methyl sites for hydroxylation is 2. The Morgan fingerprint density at radius 1 is 1.19 bits per heavy atom. The Morgan fingerprint density at radius 3 is 2.65 bits per heavy atom. The van der Waals surface area contributed by atoms with Gasteiger partial charge in [0.25, 0.3) is 5.56 Å². The minimum absolute atomic E-state index is 0.00351. The second-order valence-corrected chi connectivity index (χ2v) is 9.77. The third-order valence-corrected chi connectivity index (χ3v) is 7.77. The standard InChI is InChI=1S/C22H23Cl2N3O3S/c1-3-12(2)25-18(28)11-26-21-19(14-6-4-5-7-17(14)31-21)20(29)27(22(26)30)13-8-9-15(23)16(24)10-13/h8-10,12H,3-7,11H2,1-2H3,(H,25,28)/t12-/m1/s1. The van der Waals surface area contributed by atoms with Gasteiger partial charge in [0.05, 0.1) is 21.1 Å². The van der Waals surface area contributed by atoms with E-state index in [4.69, 9.17) is 23.2 Å². The van der Waals surface area contributed by atoms with E-state index >= 15 is 0 Å². The SMILES string of the molecule is CC[C@@H](C)NC(=O)Cn1c(=O)n(-c2ccc(Cl)c(Cl)c2)c(=O)c2c3c(sc21)CCCC3. The molecule has 0 saturated heterocycles. The fourth-order valence-corrected chi connectivity index (χ4v) is 5.59. The molecule has 6 nitrogen and oxygen atoms in total. The highest BCUT2D eigenvalue weighted by Crippen LogP contribution is 2.34.